The predicted octanol–water partition coefficient (Wildman–Crippen LogP) is -1.45. The normalized spacial score (nSPS) is 33.8. The number of hydrogen-bond donors (Lipinski definition) is 3. The van der Waals surface area contributed by atoms with Gasteiger partial charge >= 0.3 is 0 Å². The molecule has 3 atom stereocenters. The largest absolute Gasteiger partial charge is 0.396 e. The van der Waals surface area contributed by atoms with Crippen molar-refractivity contribution in [3.63, 3.8) is 0 Å². The van der Waals surface area contributed by atoms with Crippen LogP contribution in [0.3, 0.4) is 0 Å². The Labute approximate surface area is 125 Å². The Morgan fingerprint density at radius 2 is 2.00 bits per heavy atom. The maximum atomic E-state index is 9.75. The highest BCUT2D eigenvalue weighted by molar-refractivity contribution is 5.81. The second-order valence-corrected chi connectivity index (χ2v) is 5.90. The maximum Gasteiger partial charge on any atom is 0.165 e. The lowest BCUT2D eigenvalue weighted by Gasteiger charge is -2.29. The van der Waals surface area contributed by atoms with Crippen LogP contribution in [0, 0.1) is 5.92 Å². The molecule has 22 heavy (non-hydrogen) atoms. The number of ether oxygens (including phenoxy) is 2. The van der Waals surface area contributed by atoms with E-state index in [0.29, 0.717) is 30.1 Å². The summed E-state index contributed by atoms with van der Waals surface area (Å²) in [6.07, 6.45) is 3.01. The Morgan fingerprint density at radius 1 is 1.23 bits per heavy atom. The average molecular weight is 307 g/mol. The molecule has 0 saturated carbocycles. The number of rotatable bonds is 4. The van der Waals surface area contributed by atoms with E-state index in [2.05, 4.69) is 15.0 Å². The highest BCUT2D eigenvalue weighted by atomic mass is 16.6. The number of hydrogen-bond acceptors (Lipinski definition) is 8. The number of aliphatic hydroxyl groups excluding tert-OH is 2. The number of anilines is 1. The van der Waals surface area contributed by atoms with Crippen LogP contribution in [-0.4, -0.2) is 67.4 Å². The number of aliphatic hydroxyl groups is 2. The second kappa shape index (κ2) is 4.59. The summed E-state index contributed by atoms with van der Waals surface area (Å²) in [7, 11) is 0. The van der Waals surface area contributed by atoms with Crippen molar-refractivity contribution < 1.29 is 19.7 Å². The molecular weight excluding hydrogens is 290 g/mol. The molecular formula is C13H17N5O4. The Morgan fingerprint density at radius 3 is 2.68 bits per heavy atom. The minimum atomic E-state index is -0.820. The van der Waals surface area contributed by atoms with E-state index in [1.165, 1.54) is 6.33 Å². The molecule has 2 fully saturated rings. The molecule has 118 valence electrons. The molecule has 2 unspecified atom stereocenters. The molecule has 0 spiro atoms. The van der Waals surface area contributed by atoms with Crippen molar-refractivity contribution in [3.05, 3.63) is 12.7 Å². The van der Waals surface area contributed by atoms with Gasteiger partial charge < -0.3 is 30.0 Å². The smallest absolute Gasteiger partial charge is 0.165 e. The van der Waals surface area contributed by atoms with E-state index < -0.39 is 11.2 Å². The third kappa shape index (κ3) is 1.64. The minimum absolute atomic E-state index is 0.121. The summed E-state index contributed by atoms with van der Waals surface area (Å²) in [6, 6.07) is 0. The van der Waals surface area contributed by atoms with Crippen LogP contribution in [-0.2, 0) is 16.0 Å². The molecule has 4 N–H and O–H groups in total. The molecule has 2 aliphatic heterocycles. The van der Waals surface area contributed by atoms with Gasteiger partial charge in [0.25, 0.3) is 0 Å². The standard InChI is InChI=1S/C13H17N5O4/c14-10-9-11(16-6-15-10)18(7-17-9)2-12-4-22-13(3-20,5-21-12)8(12)1-19/h6-8,19-20H,1-5H2,(H2,14,15,16)/t8?,12?,13-/m0/s1. The summed E-state index contributed by atoms with van der Waals surface area (Å²) >= 11 is 0. The van der Waals surface area contributed by atoms with Gasteiger partial charge in [-0.15, -0.1) is 0 Å². The highest BCUT2D eigenvalue weighted by Gasteiger charge is 2.65. The van der Waals surface area contributed by atoms with Crippen molar-refractivity contribution in [2.45, 2.75) is 17.7 Å². The fraction of sp³-hybridized carbons (Fsp3) is 0.615. The van der Waals surface area contributed by atoms with Gasteiger partial charge in [-0.25, -0.2) is 15.0 Å². The number of nitrogens with zero attached hydrogens (tertiary/aromatic N) is 4. The Bertz CT molecular complexity index is 710. The Kier molecular flexibility index (Phi) is 2.89. The van der Waals surface area contributed by atoms with Gasteiger partial charge in [0.1, 0.15) is 23.0 Å². The van der Waals surface area contributed by atoms with Crippen LogP contribution in [0.2, 0.25) is 0 Å². The van der Waals surface area contributed by atoms with Crippen LogP contribution >= 0.6 is 0 Å². The van der Waals surface area contributed by atoms with E-state index >= 15 is 0 Å². The number of fused-ring (bicyclic) bond motifs is 3. The third-order valence-corrected chi connectivity index (χ3v) is 4.80. The lowest BCUT2D eigenvalue weighted by atomic mass is 9.82. The van der Waals surface area contributed by atoms with Crippen LogP contribution in [0.1, 0.15) is 0 Å². The fourth-order valence-corrected chi connectivity index (χ4v) is 3.54. The average Bonchev–Trinajstić information content (AvgIpc) is 3.17. The van der Waals surface area contributed by atoms with Gasteiger partial charge in [-0.1, -0.05) is 0 Å². The van der Waals surface area contributed by atoms with Gasteiger partial charge in [0.2, 0.25) is 0 Å². The Hall–Kier alpha value is -1.81. The van der Waals surface area contributed by atoms with Gasteiger partial charge in [-0.2, -0.15) is 0 Å². The van der Waals surface area contributed by atoms with E-state index in [9.17, 15) is 10.2 Å². The van der Waals surface area contributed by atoms with E-state index in [4.69, 9.17) is 15.2 Å². The number of nitrogen functional groups attached to an aromatic ring is 1. The zero-order valence-electron chi connectivity index (χ0n) is 11.8. The topological polar surface area (TPSA) is 129 Å². The highest BCUT2D eigenvalue weighted by Crippen LogP contribution is 2.49. The van der Waals surface area contributed by atoms with Crippen molar-refractivity contribution in [1.29, 1.82) is 0 Å². The van der Waals surface area contributed by atoms with Crippen molar-refractivity contribution in [1.82, 2.24) is 19.5 Å². The molecule has 4 rings (SSSR count). The molecule has 2 aromatic heterocycles. The minimum Gasteiger partial charge on any atom is -0.396 e. The molecule has 9 heteroatoms. The maximum absolute atomic E-state index is 9.75. The number of aromatic nitrogens is 4. The van der Waals surface area contributed by atoms with Crippen molar-refractivity contribution in [2.75, 3.05) is 32.2 Å². The molecule has 9 nitrogen and oxygen atoms in total. The molecule has 0 aliphatic carbocycles. The summed E-state index contributed by atoms with van der Waals surface area (Å²) in [5.41, 5.74) is 5.41. The summed E-state index contributed by atoms with van der Waals surface area (Å²) in [5, 5.41) is 19.4. The Balaban J connectivity index is 1.72. The van der Waals surface area contributed by atoms with Crippen LogP contribution in [0.15, 0.2) is 12.7 Å². The lowest BCUT2D eigenvalue weighted by Crippen LogP contribution is -2.44. The van der Waals surface area contributed by atoms with Crippen LogP contribution in [0.25, 0.3) is 11.2 Å². The van der Waals surface area contributed by atoms with Crippen molar-refractivity contribution in [2.24, 2.45) is 5.92 Å². The molecule has 2 aliphatic rings. The van der Waals surface area contributed by atoms with Gasteiger partial charge in [0.05, 0.1) is 39.3 Å². The van der Waals surface area contributed by atoms with Crippen LogP contribution in [0.4, 0.5) is 5.82 Å². The van der Waals surface area contributed by atoms with E-state index in [1.807, 2.05) is 4.57 Å². The first kappa shape index (κ1) is 13.8. The van der Waals surface area contributed by atoms with Gasteiger partial charge in [0.15, 0.2) is 11.5 Å². The quantitative estimate of drug-likeness (QED) is 0.625. The third-order valence-electron chi connectivity index (χ3n) is 4.80. The van der Waals surface area contributed by atoms with Crippen molar-refractivity contribution >= 4 is 17.0 Å². The van der Waals surface area contributed by atoms with Crippen LogP contribution in [0.5, 0.6) is 0 Å². The van der Waals surface area contributed by atoms with E-state index in [-0.39, 0.29) is 25.7 Å². The monoisotopic (exact) mass is 307 g/mol. The summed E-state index contributed by atoms with van der Waals surface area (Å²) in [6.45, 7) is 0.675. The van der Waals surface area contributed by atoms with Gasteiger partial charge in [-0.05, 0) is 0 Å². The molecule has 0 radical (unpaired) electrons. The predicted molar refractivity (Wildman–Crippen MR) is 74.8 cm³/mol. The van der Waals surface area contributed by atoms with Crippen molar-refractivity contribution in [3.8, 4) is 0 Å². The fourth-order valence-electron chi connectivity index (χ4n) is 3.54. The molecule has 2 bridgehead atoms. The zero-order valence-corrected chi connectivity index (χ0v) is 11.8. The van der Waals surface area contributed by atoms with E-state index in [1.54, 1.807) is 6.33 Å². The number of imidazole rings is 1. The van der Waals surface area contributed by atoms with Crippen LogP contribution < -0.4 is 5.73 Å². The number of nitrogens with two attached hydrogens (primary N) is 1. The summed E-state index contributed by atoms with van der Waals surface area (Å²) in [4.78, 5) is 12.4. The molecule has 0 aromatic carbocycles. The zero-order chi connectivity index (χ0) is 15.4. The summed E-state index contributed by atoms with van der Waals surface area (Å²) in [5.74, 6) is 0.0151. The lowest BCUT2D eigenvalue weighted by molar-refractivity contribution is -0.148. The first-order chi connectivity index (χ1) is 10.6. The van der Waals surface area contributed by atoms with Gasteiger partial charge in [0, 0.05) is 5.92 Å². The first-order valence-corrected chi connectivity index (χ1v) is 7.05. The molecule has 4 heterocycles. The SMILES string of the molecule is Nc1ncnc2c1ncn2CC12CO[C@@](CO)(CO1)C2CO. The molecule has 0 amide bonds. The molecule has 2 aromatic rings. The second-order valence-electron chi connectivity index (χ2n) is 5.90. The van der Waals surface area contributed by atoms with E-state index in [0.717, 1.165) is 0 Å². The van der Waals surface area contributed by atoms with Gasteiger partial charge in [-0.3, -0.25) is 0 Å². The first-order valence-electron chi connectivity index (χ1n) is 7.05. The molecule has 2 saturated heterocycles. The summed E-state index contributed by atoms with van der Waals surface area (Å²) < 4.78 is 13.5.